The molecule has 2 saturated heterocycles. The van der Waals surface area contributed by atoms with Crippen LogP contribution >= 0.6 is 0 Å². The summed E-state index contributed by atoms with van der Waals surface area (Å²) < 4.78 is 0. The van der Waals surface area contributed by atoms with Crippen LogP contribution in [0.4, 0.5) is 27.8 Å². The largest absolute Gasteiger partial charge is 0.366 e. The van der Waals surface area contributed by atoms with Crippen LogP contribution in [0.2, 0.25) is 0 Å². The number of nitrogens with zero attached hydrogens (tertiary/aromatic N) is 9. The van der Waals surface area contributed by atoms with Crippen molar-refractivity contribution in [2.75, 3.05) is 46.2 Å². The standard InChI is InChI=1S/C22H22N6O.C15H16N4.C6H8N2/c1-15-12-16(7-10-23-15)19-5-6-20-21(26-19)28(18-8-11-27(20)14-18)22(29)25-13-17-4-2-3-9-24-17;1-10-8-11(4-6-16-10)13-2-3-14-15(18-13)17-12-5-7-19(14)9-12;7-5-6-3-1-2-4-8-6/h2-7,9-10,12,18H,8,11,13-14H2,1H3,(H,25,29);2-4,6,8,12H,5,7,9H2,1H3,(H,17,18);1-4H,5,7H2/t18-;12-;/m00./s1. The monoisotopic (exact) mass is 746 g/mol. The predicted octanol–water partition coefficient (Wildman–Crippen LogP) is 6.15. The number of anilines is 4. The molecule has 0 spiro atoms. The zero-order chi connectivity index (χ0) is 38.4. The molecule has 284 valence electrons. The highest BCUT2D eigenvalue weighted by atomic mass is 16.2. The lowest BCUT2D eigenvalue weighted by molar-refractivity contribution is 0.243. The van der Waals surface area contributed by atoms with Gasteiger partial charge < -0.3 is 26.2 Å². The Morgan fingerprint density at radius 2 is 1.38 bits per heavy atom. The first-order valence-electron chi connectivity index (χ1n) is 19.1. The van der Waals surface area contributed by atoms with Crippen LogP contribution < -0.4 is 31.1 Å². The van der Waals surface area contributed by atoms with E-state index < -0.39 is 0 Å². The van der Waals surface area contributed by atoms with Gasteiger partial charge in [0.25, 0.3) is 0 Å². The summed E-state index contributed by atoms with van der Waals surface area (Å²) in [5.74, 6) is 1.75. The number of nitrogens with two attached hydrogens (primary N) is 1. The molecule has 4 aliphatic rings. The van der Waals surface area contributed by atoms with Crippen molar-refractivity contribution in [1.82, 2.24) is 35.2 Å². The Hall–Kier alpha value is -6.47. The van der Waals surface area contributed by atoms with E-state index in [1.165, 1.54) is 12.1 Å². The maximum Gasteiger partial charge on any atom is 0.323 e. The van der Waals surface area contributed by atoms with E-state index in [0.29, 0.717) is 19.1 Å². The number of carbonyl (C=O) groups excluding carboxylic acids is 1. The van der Waals surface area contributed by atoms with Gasteiger partial charge in [-0.2, -0.15) is 0 Å². The highest BCUT2D eigenvalue weighted by molar-refractivity contribution is 5.97. The molecule has 2 atom stereocenters. The number of rotatable bonds is 5. The number of aromatic nitrogens is 6. The third kappa shape index (κ3) is 8.13. The summed E-state index contributed by atoms with van der Waals surface area (Å²) in [6.07, 6.45) is 9.25. The van der Waals surface area contributed by atoms with E-state index in [0.717, 1.165) is 95.2 Å². The lowest BCUT2D eigenvalue weighted by Crippen LogP contribution is -2.50. The van der Waals surface area contributed by atoms with Crippen molar-refractivity contribution in [2.24, 2.45) is 5.73 Å². The summed E-state index contributed by atoms with van der Waals surface area (Å²) in [5, 5.41) is 6.56. The topological polar surface area (TPSA) is 154 Å². The summed E-state index contributed by atoms with van der Waals surface area (Å²) in [6, 6.07) is 28.4. The van der Waals surface area contributed by atoms with Gasteiger partial charge in [-0.05, 0) is 99.5 Å². The lowest BCUT2D eigenvalue weighted by Gasteiger charge is -2.36. The van der Waals surface area contributed by atoms with Gasteiger partial charge in [-0.1, -0.05) is 12.1 Å². The smallest absolute Gasteiger partial charge is 0.323 e. The number of hydrogen-bond donors (Lipinski definition) is 3. The van der Waals surface area contributed by atoms with Gasteiger partial charge in [-0.3, -0.25) is 24.8 Å². The van der Waals surface area contributed by atoms with Crippen molar-refractivity contribution >= 4 is 29.0 Å². The molecule has 2 fully saturated rings. The zero-order valence-corrected chi connectivity index (χ0v) is 31.7. The number of hydrogen-bond acceptors (Lipinski definition) is 11. The molecular formula is C43H46N12O. The Kier molecular flexibility index (Phi) is 10.8. The third-order valence-corrected chi connectivity index (χ3v) is 10.4. The van der Waals surface area contributed by atoms with Crippen molar-refractivity contribution < 1.29 is 4.79 Å². The minimum atomic E-state index is -0.126. The minimum absolute atomic E-state index is 0.126. The average molecular weight is 747 g/mol. The van der Waals surface area contributed by atoms with Gasteiger partial charge in [0, 0.05) is 86.1 Å². The molecule has 4 bridgehead atoms. The van der Waals surface area contributed by atoms with Crippen LogP contribution in [0.15, 0.2) is 110 Å². The molecule has 10 heterocycles. The Morgan fingerprint density at radius 3 is 2.02 bits per heavy atom. The maximum atomic E-state index is 13.1. The van der Waals surface area contributed by atoms with E-state index in [1.54, 1.807) is 18.6 Å². The molecule has 4 aliphatic heterocycles. The number of urea groups is 1. The van der Waals surface area contributed by atoms with Gasteiger partial charge in [0.2, 0.25) is 0 Å². The minimum Gasteiger partial charge on any atom is -0.366 e. The second-order valence-electron chi connectivity index (χ2n) is 14.3. The van der Waals surface area contributed by atoms with Gasteiger partial charge in [-0.25, -0.2) is 14.8 Å². The molecule has 56 heavy (non-hydrogen) atoms. The molecule has 10 rings (SSSR count). The fourth-order valence-corrected chi connectivity index (χ4v) is 7.58. The Bertz CT molecular complexity index is 2290. The normalized spacial score (nSPS) is 17.0. The number of aryl methyl sites for hydroxylation is 2. The second kappa shape index (κ2) is 16.5. The molecular weight excluding hydrogens is 701 g/mol. The highest BCUT2D eigenvalue weighted by Crippen LogP contribution is 2.40. The Balaban J connectivity index is 0.000000139. The molecule has 0 radical (unpaired) electrons. The van der Waals surface area contributed by atoms with E-state index >= 15 is 0 Å². The van der Waals surface area contributed by atoms with E-state index in [4.69, 9.17) is 15.7 Å². The number of pyridine rings is 6. The maximum absolute atomic E-state index is 13.1. The molecule has 6 aromatic heterocycles. The molecule has 0 unspecified atom stereocenters. The van der Waals surface area contributed by atoms with E-state index in [2.05, 4.69) is 64.6 Å². The van der Waals surface area contributed by atoms with Crippen LogP contribution in [0.1, 0.15) is 35.6 Å². The Morgan fingerprint density at radius 1 is 0.732 bits per heavy atom. The van der Waals surface area contributed by atoms with Crippen LogP contribution in [-0.2, 0) is 13.1 Å². The van der Waals surface area contributed by atoms with Crippen molar-refractivity contribution in [2.45, 2.75) is 51.9 Å². The molecule has 0 aromatic carbocycles. The Labute approximate surface area is 327 Å². The molecule has 0 aliphatic carbocycles. The third-order valence-electron chi connectivity index (χ3n) is 10.4. The molecule has 13 heteroatoms. The fraction of sp³-hybridized carbons (Fsp3) is 0.279. The van der Waals surface area contributed by atoms with Crippen LogP contribution in [-0.4, -0.2) is 74.2 Å². The molecule has 0 saturated carbocycles. The fourth-order valence-electron chi connectivity index (χ4n) is 7.58. The first kappa shape index (κ1) is 36.5. The summed E-state index contributed by atoms with van der Waals surface area (Å²) in [4.78, 5) is 46.2. The van der Waals surface area contributed by atoms with Gasteiger partial charge in [-0.15, -0.1) is 0 Å². The second-order valence-corrected chi connectivity index (χ2v) is 14.3. The number of amides is 2. The summed E-state index contributed by atoms with van der Waals surface area (Å²) in [7, 11) is 0. The first-order valence-corrected chi connectivity index (χ1v) is 19.1. The molecule has 2 amide bonds. The number of nitrogens with one attached hydrogen (secondary N) is 2. The van der Waals surface area contributed by atoms with Gasteiger partial charge in [0.1, 0.15) is 0 Å². The van der Waals surface area contributed by atoms with Gasteiger partial charge in [0.15, 0.2) is 11.6 Å². The highest BCUT2D eigenvalue weighted by Gasteiger charge is 2.40. The molecule has 6 aromatic rings. The van der Waals surface area contributed by atoms with E-state index in [9.17, 15) is 4.79 Å². The van der Waals surface area contributed by atoms with Gasteiger partial charge in [0.05, 0.1) is 46.7 Å². The summed E-state index contributed by atoms with van der Waals surface area (Å²) in [5.41, 5.74) is 15.3. The summed E-state index contributed by atoms with van der Waals surface area (Å²) >= 11 is 0. The van der Waals surface area contributed by atoms with Crippen LogP contribution in [0.5, 0.6) is 0 Å². The van der Waals surface area contributed by atoms with Crippen molar-refractivity contribution in [3.8, 4) is 22.5 Å². The zero-order valence-electron chi connectivity index (χ0n) is 31.7. The van der Waals surface area contributed by atoms with Crippen molar-refractivity contribution in [1.29, 1.82) is 0 Å². The molecule has 4 N–H and O–H groups in total. The van der Waals surface area contributed by atoms with Crippen LogP contribution in [0.25, 0.3) is 22.5 Å². The number of carbonyl (C=O) groups is 1. The van der Waals surface area contributed by atoms with Crippen LogP contribution in [0, 0.1) is 13.8 Å². The van der Waals surface area contributed by atoms with E-state index in [-0.39, 0.29) is 12.1 Å². The SMILES string of the molecule is Cc1cc(-c2ccc3c(n2)N(C(=O)NCc2ccccn2)[C@H]2CCN3C2)ccn1.Cc1cc(-c2ccc3c(n2)N[C@H]2CCN3C2)ccn1.NCc1ccccn1. The quantitative estimate of drug-likeness (QED) is 0.186. The lowest BCUT2D eigenvalue weighted by atomic mass is 10.1. The van der Waals surface area contributed by atoms with Gasteiger partial charge >= 0.3 is 6.03 Å². The predicted molar refractivity (Wildman–Crippen MR) is 220 cm³/mol. The number of fused-ring (bicyclic) bond motifs is 8. The van der Waals surface area contributed by atoms with Crippen LogP contribution in [0.3, 0.4) is 0 Å². The molecule has 13 nitrogen and oxygen atoms in total. The van der Waals surface area contributed by atoms with Crippen molar-refractivity contribution in [3.05, 3.63) is 132 Å². The first-order chi connectivity index (χ1) is 27.4. The van der Waals surface area contributed by atoms with Crippen molar-refractivity contribution in [3.63, 3.8) is 0 Å². The summed E-state index contributed by atoms with van der Waals surface area (Å²) in [6.45, 7) is 8.93. The average Bonchev–Trinajstić information content (AvgIpc) is 3.85. The van der Waals surface area contributed by atoms with E-state index in [1.807, 2.05) is 85.6 Å².